The minimum Gasteiger partial charge on any atom is -0.402 e. The van der Waals surface area contributed by atoms with Gasteiger partial charge in [0.2, 0.25) is 0 Å². The highest BCUT2D eigenvalue weighted by atomic mass is 19.4. The van der Waals surface area contributed by atoms with Gasteiger partial charge in [-0.15, -0.1) is 13.2 Å². The van der Waals surface area contributed by atoms with Crippen molar-refractivity contribution in [2.45, 2.75) is 19.3 Å². The summed E-state index contributed by atoms with van der Waals surface area (Å²) in [5.41, 5.74) is 9.19. The topological polar surface area (TPSA) is 74.2 Å². The van der Waals surface area contributed by atoms with Gasteiger partial charge in [-0.2, -0.15) is 0 Å². The lowest BCUT2D eigenvalue weighted by Gasteiger charge is -2.13. The summed E-state index contributed by atoms with van der Waals surface area (Å²) < 4.78 is 64.2. The Labute approximate surface area is 92.4 Å². The average Bonchev–Trinajstić information content (AvgIpc) is 2.18. The van der Waals surface area contributed by atoms with Gasteiger partial charge in [-0.3, -0.25) is 0 Å². The van der Waals surface area contributed by atoms with Gasteiger partial charge in [0.25, 0.3) is 6.43 Å². The molecule has 0 atom stereocenters. The minimum atomic E-state index is -4.98. The molecule has 0 aliphatic heterocycles. The molecule has 0 unspecified atom stereocenters. The lowest BCUT2D eigenvalue weighted by atomic mass is 10.2. The molecule has 17 heavy (non-hydrogen) atoms. The molecule has 1 aromatic rings. The number of nitrogens with zero attached hydrogens (tertiary/aromatic N) is 1. The summed E-state index contributed by atoms with van der Waals surface area (Å²) in [7, 11) is 0. The van der Waals surface area contributed by atoms with Gasteiger partial charge in [0.05, 0.1) is 0 Å². The van der Waals surface area contributed by atoms with Crippen molar-refractivity contribution in [2.75, 3.05) is 5.73 Å². The molecule has 0 spiro atoms. The number of aromatic nitrogens is 1. The Bertz CT molecular complexity index is 407. The summed E-state index contributed by atoms with van der Waals surface area (Å²) in [6.45, 7) is -0.402. The molecule has 96 valence electrons. The van der Waals surface area contributed by atoms with Gasteiger partial charge in [0.1, 0.15) is 5.69 Å². The Balaban J connectivity index is 3.18. The lowest BCUT2D eigenvalue weighted by Crippen LogP contribution is -2.19. The molecule has 0 bridgehead atoms. The fourth-order valence-electron chi connectivity index (χ4n) is 1.12. The first-order chi connectivity index (χ1) is 7.74. The van der Waals surface area contributed by atoms with Crippen LogP contribution in [0.4, 0.5) is 27.8 Å². The molecule has 1 rings (SSSR count). The second-order valence-electron chi connectivity index (χ2n) is 2.97. The molecule has 0 radical (unpaired) electrons. The van der Waals surface area contributed by atoms with E-state index in [1.807, 2.05) is 0 Å². The van der Waals surface area contributed by atoms with Gasteiger partial charge in [-0.1, -0.05) is 0 Å². The number of hydrogen-bond donors (Lipinski definition) is 2. The largest absolute Gasteiger partial charge is 0.573 e. The van der Waals surface area contributed by atoms with E-state index in [0.717, 1.165) is 0 Å². The van der Waals surface area contributed by atoms with Crippen LogP contribution < -0.4 is 16.2 Å². The third-order valence-electron chi connectivity index (χ3n) is 1.78. The number of nitrogen functional groups attached to an aromatic ring is 1. The minimum absolute atomic E-state index is 0.256. The quantitative estimate of drug-likeness (QED) is 0.812. The van der Waals surface area contributed by atoms with Crippen molar-refractivity contribution in [1.29, 1.82) is 0 Å². The van der Waals surface area contributed by atoms with Crippen LogP contribution >= 0.6 is 0 Å². The number of pyridine rings is 1. The second kappa shape index (κ2) is 4.70. The summed E-state index contributed by atoms with van der Waals surface area (Å²) in [4.78, 5) is 3.15. The SMILES string of the molecule is NCc1cc(OC(F)(F)F)c(N)nc1C(F)F. The number of alkyl halides is 5. The molecule has 1 heterocycles. The predicted molar refractivity (Wildman–Crippen MR) is 48.2 cm³/mol. The maximum absolute atomic E-state index is 12.4. The third-order valence-corrected chi connectivity index (χ3v) is 1.78. The highest BCUT2D eigenvalue weighted by Gasteiger charge is 2.33. The molecule has 4 N–H and O–H groups in total. The maximum atomic E-state index is 12.4. The van der Waals surface area contributed by atoms with Gasteiger partial charge in [-0.05, 0) is 11.6 Å². The molecule has 0 saturated carbocycles. The van der Waals surface area contributed by atoms with Crippen LogP contribution in [0.3, 0.4) is 0 Å². The van der Waals surface area contributed by atoms with Crippen LogP contribution in [0.1, 0.15) is 17.7 Å². The van der Waals surface area contributed by atoms with Gasteiger partial charge < -0.3 is 16.2 Å². The number of ether oxygens (including phenoxy) is 1. The van der Waals surface area contributed by atoms with Crippen molar-refractivity contribution in [3.05, 3.63) is 17.3 Å². The normalized spacial score (nSPS) is 11.9. The van der Waals surface area contributed by atoms with Gasteiger partial charge in [0.15, 0.2) is 11.6 Å². The summed E-state index contributed by atoms with van der Waals surface area (Å²) in [5.74, 6) is -1.61. The van der Waals surface area contributed by atoms with E-state index in [2.05, 4.69) is 9.72 Å². The molecule has 0 aromatic carbocycles. The van der Waals surface area contributed by atoms with E-state index in [1.165, 1.54) is 0 Å². The molecular formula is C8H8F5N3O. The Hall–Kier alpha value is -1.64. The van der Waals surface area contributed by atoms with Crippen LogP contribution in [-0.2, 0) is 6.54 Å². The van der Waals surface area contributed by atoms with E-state index in [-0.39, 0.29) is 5.56 Å². The summed E-state index contributed by atoms with van der Waals surface area (Å²) >= 11 is 0. The number of nitrogens with two attached hydrogens (primary N) is 2. The highest BCUT2D eigenvalue weighted by Crippen LogP contribution is 2.31. The van der Waals surface area contributed by atoms with Crippen molar-refractivity contribution in [1.82, 2.24) is 4.98 Å². The first-order valence-corrected chi connectivity index (χ1v) is 4.28. The molecule has 0 amide bonds. The fraction of sp³-hybridized carbons (Fsp3) is 0.375. The molecule has 4 nitrogen and oxygen atoms in total. The Morgan fingerprint density at radius 3 is 2.35 bits per heavy atom. The van der Waals surface area contributed by atoms with Crippen LogP contribution in [0.25, 0.3) is 0 Å². The van der Waals surface area contributed by atoms with Crippen molar-refractivity contribution < 1.29 is 26.7 Å². The highest BCUT2D eigenvalue weighted by molar-refractivity contribution is 5.49. The number of hydrogen-bond acceptors (Lipinski definition) is 4. The van der Waals surface area contributed by atoms with Crippen LogP contribution in [0, 0.1) is 0 Å². The lowest BCUT2D eigenvalue weighted by molar-refractivity contribution is -0.274. The first-order valence-electron chi connectivity index (χ1n) is 4.28. The van der Waals surface area contributed by atoms with E-state index < -0.39 is 36.6 Å². The van der Waals surface area contributed by atoms with Crippen LogP contribution in [0.2, 0.25) is 0 Å². The van der Waals surface area contributed by atoms with Crippen molar-refractivity contribution in [3.8, 4) is 5.75 Å². The van der Waals surface area contributed by atoms with Crippen molar-refractivity contribution in [3.63, 3.8) is 0 Å². The Kier molecular flexibility index (Phi) is 3.71. The molecule has 0 aliphatic rings. The van der Waals surface area contributed by atoms with E-state index in [1.54, 1.807) is 0 Å². The van der Waals surface area contributed by atoms with Crippen LogP contribution in [0.15, 0.2) is 6.07 Å². The van der Waals surface area contributed by atoms with Crippen LogP contribution in [0.5, 0.6) is 5.75 Å². The summed E-state index contributed by atoms with van der Waals surface area (Å²) in [6.07, 6.45) is -7.95. The van der Waals surface area contributed by atoms with E-state index in [9.17, 15) is 22.0 Å². The molecule has 0 fully saturated rings. The monoisotopic (exact) mass is 257 g/mol. The predicted octanol–water partition coefficient (Wildman–Crippen LogP) is 1.96. The standard InChI is InChI=1S/C8H8F5N3O/c9-6(10)5-3(2-14)1-4(7(15)16-5)17-8(11,12)13/h1,6H,2,14H2,(H2,15,16). The third kappa shape index (κ3) is 3.41. The summed E-state index contributed by atoms with van der Waals surface area (Å²) in [5, 5.41) is 0. The first kappa shape index (κ1) is 13.4. The average molecular weight is 257 g/mol. The molecular weight excluding hydrogens is 249 g/mol. The van der Waals surface area contributed by atoms with E-state index in [4.69, 9.17) is 11.5 Å². The van der Waals surface area contributed by atoms with Crippen molar-refractivity contribution >= 4 is 5.82 Å². The zero-order chi connectivity index (χ0) is 13.2. The molecule has 0 aliphatic carbocycles. The second-order valence-corrected chi connectivity index (χ2v) is 2.97. The maximum Gasteiger partial charge on any atom is 0.573 e. The van der Waals surface area contributed by atoms with Gasteiger partial charge in [0, 0.05) is 6.54 Å². The zero-order valence-electron chi connectivity index (χ0n) is 8.26. The number of rotatable bonds is 3. The van der Waals surface area contributed by atoms with Gasteiger partial charge in [-0.25, -0.2) is 13.8 Å². The summed E-state index contributed by atoms with van der Waals surface area (Å²) in [6, 6.07) is 0.706. The fourth-order valence-corrected chi connectivity index (χ4v) is 1.12. The van der Waals surface area contributed by atoms with Crippen molar-refractivity contribution in [2.24, 2.45) is 5.73 Å². The Morgan fingerprint density at radius 1 is 1.35 bits per heavy atom. The number of halogens is 5. The zero-order valence-corrected chi connectivity index (χ0v) is 8.26. The van der Waals surface area contributed by atoms with Crippen LogP contribution in [-0.4, -0.2) is 11.3 Å². The Morgan fingerprint density at radius 2 is 1.94 bits per heavy atom. The van der Waals surface area contributed by atoms with Gasteiger partial charge >= 0.3 is 6.36 Å². The van der Waals surface area contributed by atoms with E-state index in [0.29, 0.717) is 6.07 Å². The molecule has 0 saturated heterocycles. The number of anilines is 1. The van der Waals surface area contributed by atoms with E-state index >= 15 is 0 Å². The smallest absolute Gasteiger partial charge is 0.402 e. The molecule has 1 aromatic heterocycles. The molecule has 9 heteroatoms.